The van der Waals surface area contributed by atoms with Crippen LogP contribution in [0.2, 0.25) is 0 Å². The molecule has 0 unspecified atom stereocenters. The molecule has 2 amide bonds. The number of nitrogens with zero attached hydrogens (tertiary/aromatic N) is 3. The van der Waals surface area contributed by atoms with Crippen molar-refractivity contribution >= 4 is 11.7 Å². The monoisotopic (exact) mass is 347 g/mol. The average Bonchev–Trinajstić information content (AvgIpc) is 3.31. The molecule has 1 fully saturated rings. The minimum absolute atomic E-state index is 0.0322. The van der Waals surface area contributed by atoms with Crippen molar-refractivity contribution in [3.63, 3.8) is 0 Å². The first-order valence-corrected chi connectivity index (χ1v) is 8.82. The van der Waals surface area contributed by atoms with Gasteiger partial charge in [0.05, 0.1) is 18.4 Å². The molecule has 0 aliphatic heterocycles. The second-order valence-electron chi connectivity index (χ2n) is 6.24. The molecule has 2 heterocycles. The van der Waals surface area contributed by atoms with Gasteiger partial charge in [-0.2, -0.15) is 5.10 Å². The van der Waals surface area contributed by atoms with Crippen LogP contribution in [0.3, 0.4) is 0 Å². The average molecular weight is 347 g/mol. The van der Waals surface area contributed by atoms with Gasteiger partial charge in [0.25, 0.3) is 0 Å². The van der Waals surface area contributed by atoms with E-state index >= 15 is 0 Å². The Morgan fingerprint density at radius 3 is 3.00 bits per heavy atom. The molecule has 25 heavy (non-hydrogen) atoms. The molecular formula is C17H25N5O3. The lowest BCUT2D eigenvalue weighted by atomic mass is 10.2. The van der Waals surface area contributed by atoms with Crippen molar-refractivity contribution < 1.29 is 14.1 Å². The summed E-state index contributed by atoms with van der Waals surface area (Å²) < 4.78 is 13.0. The number of hydrogen-bond acceptors (Lipinski definition) is 5. The topological polar surface area (TPSA) is 94.2 Å². The highest BCUT2D eigenvalue weighted by Gasteiger charge is 2.31. The molecule has 0 radical (unpaired) electrons. The number of carbonyl (C=O) groups excluding carboxylic acids is 1. The van der Waals surface area contributed by atoms with Gasteiger partial charge in [-0.3, -0.25) is 4.68 Å². The molecule has 1 aliphatic carbocycles. The summed E-state index contributed by atoms with van der Waals surface area (Å²) in [4.78, 5) is 12.4. The van der Waals surface area contributed by atoms with Crippen molar-refractivity contribution in [2.24, 2.45) is 0 Å². The predicted octanol–water partition coefficient (Wildman–Crippen LogP) is 2.88. The standard InChI is InChI=1S/C17H25N5O3/c1-4-13-16(11(3)25-21-13)20-17(23)19-14-7-6-8-15(14)24-12-9-18-22(5-2)10-12/h9-10,14-15H,4-8H2,1-3H3,(H2,19,20,23)/t14-,15+/m1/s1. The Morgan fingerprint density at radius 1 is 1.44 bits per heavy atom. The highest BCUT2D eigenvalue weighted by atomic mass is 16.5. The fourth-order valence-corrected chi connectivity index (χ4v) is 3.12. The summed E-state index contributed by atoms with van der Waals surface area (Å²) in [6, 6.07) is -0.291. The quantitative estimate of drug-likeness (QED) is 0.838. The number of amides is 2. The highest BCUT2D eigenvalue weighted by molar-refractivity contribution is 5.90. The van der Waals surface area contributed by atoms with Crippen molar-refractivity contribution in [1.29, 1.82) is 0 Å². The molecule has 2 N–H and O–H groups in total. The van der Waals surface area contributed by atoms with Gasteiger partial charge in [-0.25, -0.2) is 4.79 Å². The lowest BCUT2D eigenvalue weighted by molar-refractivity contribution is 0.175. The molecule has 8 heteroatoms. The van der Waals surface area contributed by atoms with Crippen LogP contribution in [-0.4, -0.2) is 33.1 Å². The number of rotatable bonds is 6. The maximum atomic E-state index is 12.4. The van der Waals surface area contributed by atoms with E-state index in [0.717, 1.165) is 37.3 Å². The third kappa shape index (κ3) is 3.94. The van der Waals surface area contributed by atoms with E-state index in [2.05, 4.69) is 20.9 Å². The minimum Gasteiger partial charge on any atom is -0.485 e. The molecule has 0 spiro atoms. The Bertz CT molecular complexity index is 724. The third-order valence-corrected chi connectivity index (χ3v) is 4.50. The van der Waals surface area contributed by atoms with Gasteiger partial charge in [0, 0.05) is 6.54 Å². The molecule has 136 valence electrons. The van der Waals surface area contributed by atoms with Gasteiger partial charge in [0.15, 0.2) is 11.5 Å². The second kappa shape index (κ2) is 7.58. The summed E-state index contributed by atoms with van der Waals surface area (Å²) in [5.74, 6) is 1.35. The lowest BCUT2D eigenvalue weighted by Crippen LogP contribution is -2.44. The van der Waals surface area contributed by atoms with Crippen LogP contribution in [-0.2, 0) is 13.0 Å². The van der Waals surface area contributed by atoms with Crippen LogP contribution in [0.25, 0.3) is 0 Å². The van der Waals surface area contributed by atoms with Crippen molar-refractivity contribution in [2.45, 2.75) is 65.1 Å². The first-order chi connectivity index (χ1) is 12.1. The van der Waals surface area contributed by atoms with Gasteiger partial charge in [0.1, 0.15) is 17.5 Å². The van der Waals surface area contributed by atoms with Crippen molar-refractivity contribution in [3.8, 4) is 5.75 Å². The zero-order valence-corrected chi connectivity index (χ0v) is 14.9. The molecule has 8 nitrogen and oxygen atoms in total. The Balaban J connectivity index is 1.59. The van der Waals surface area contributed by atoms with Gasteiger partial charge in [-0.1, -0.05) is 12.1 Å². The minimum atomic E-state index is -0.259. The van der Waals surface area contributed by atoms with Crippen LogP contribution in [0.1, 0.15) is 44.6 Å². The number of nitrogens with one attached hydrogen (secondary N) is 2. The third-order valence-electron chi connectivity index (χ3n) is 4.50. The summed E-state index contributed by atoms with van der Waals surface area (Å²) in [7, 11) is 0. The zero-order chi connectivity index (χ0) is 17.8. The van der Waals surface area contributed by atoms with Crippen LogP contribution in [0.5, 0.6) is 5.75 Å². The van der Waals surface area contributed by atoms with Crippen molar-refractivity contribution in [3.05, 3.63) is 23.8 Å². The first kappa shape index (κ1) is 17.3. The first-order valence-electron chi connectivity index (χ1n) is 8.82. The maximum absolute atomic E-state index is 12.4. The normalized spacial score (nSPS) is 19.8. The van der Waals surface area contributed by atoms with Crippen LogP contribution in [0, 0.1) is 6.92 Å². The van der Waals surface area contributed by atoms with E-state index < -0.39 is 0 Å². The number of hydrogen-bond donors (Lipinski definition) is 2. The number of ether oxygens (including phenoxy) is 1. The second-order valence-corrected chi connectivity index (χ2v) is 6.24. The summed E-state index contributed by atoms with van der Waals surface area (Å²) in [6.07, 6.45) is 7.07. The van der Waals surface area contributed by atoms with E-state index in [9.17, 15) is 4.79 Å². The van der Waals surface area contributed by atoms with Crippen LogP contribution >= 0.6 is 0 Å². The highest BCUT2D eigenvalue weighted by Crippen LogP contribution is 2.25. The van der Waals surface area contributed by atoms with Crippen LogP contribution < -0.4 is 15.4 Å². The Hall–Kier alpha value is -2.51. The summed E-state index contributed by atoms with van der Waals surface area (Å²) in [6.45, 7) is 6.58. The largest absolute Gasteiger partial charge is 0.485 e. The van der Waals surface area contributed by atoms with Gasteiger partial charge in [0.2, 0.25) is 0 Å². The summed E-state index contributed by atoms with van der Waals surface area (Å²) in [5, 5.41) is 14.0. The number of aromatic nitrogens is 3. The lowest BCUT2D eigenvalue weighted by Gasteiger charge is -2.21. The van der Waals surface area contributed by atoms with E-state index in [0.29, 0.717) is 17.9 Å². The molecule has 2 atom stereocenters. The van der Waals surface area contributed by atoms with Gasteiger partial charge >= 0.3 is 6.03 Å². The molecule has 2 aromatic rings. The van der Waals surface area contributed by atoms with E-state index in [1.807, 2.05) is 24.7 Å². The van der Waals surface area contributed by atoms with E-state index in [1.54, 1.807) is 13.1 Å². The van der Waals surface area contributed by atoms with E-state index in [1.165, 1.54) is 0 Å². The van der Waals surface area contributed by atoms with E-state index in [-0.39, 0.29) is 18.2 Å². The molecule has 0 saturated heterocycles. The predicted molar refractivity (Wildman–Crippen MR) is 92.7 cm³/mol. The molecule has 1 saturated carbocycles. The molecule has 0 bridgehead atoms. The molecule has 2 aromatic heterocycles. The van der Waals surface area contributed by atoms with Gasteiger partial charge < -0.3 is 19.9 Å². The molecule has 0 aromatic carbocycles. The van der Waals surface area contributed by atoms with Gasteiger partial charge in [-0.15, -0.1) is 0 Å². The molecule has 1 aliphatic rings. The fourth-order valence-electron chi connectivity index (χ4n) is 3.12. The Morgan fingerprint density at radius 2 is 2.28 bits per heavy atom. The van der Waals surface area contributed by atoms with Crippen molar-refractivity contribution in [2.75, 3.05) is 5.32 Å². The molecule has 3 rings (SSSR count). The number of urea groups is 1. The van der Waals surface area contributed by atoms with Crippen molar-refractivity contribution in [1.82, 2.24) is 20.3 Å². The zero-order valence-electron chi connectivity index (χ0n) is 14.9. The van der Waals surface area contributed by atoms with E-state index in [4.69, 9.17) is 9.26 Å². The summed E-state index contributed by atoms with van der Waals surface area (Å²) >= 11 is 0. The number of carbonyl (C=O) groups is 1. The molecular weight excluding hydrogens is 322 g/mol. The van der Waals surface area contributed by atoms with Crippen LogP contribution in [0.15, 0.2) is 16.9 Å². The number of anilines is 1. The Kier molecular flexibility index (Phi) is 5.25. The van der Waals surface area contributed by atoms with Gasteiger partial charge in [-0.05, 0) is 39.5 Å². The number of aryl methyl sites for hydroxylation is 3. The van der Waals surface area contributed by atoms with Crippen LogP contribution in [0.4, 0.5) is 10.5 Å². The maximum Gasteiger partial charge on any atom is 0.319 e. The fraction of sp³-hybridized carbons (Fsp3) is 0.588. The SMILES string of the molecule is CCc1noc(C)c1NC(=O)N[C@@H]1CCC[C@@H]1Oc1cnn(CC)c1. The smallest absolute Gasteiger partial charge is 0.319 e. The Labute approximate surface area is 146 Å². The summed E-state index contributed by atoms with van der Waals surface area (Å²) in [5.41, 5.74) is 1.40.